The van der Waals surface area contributed by atoms with Gasteiger partial charge in [-0.3, -0.25) is 4.79 Å². The van der Waals surface area contributed by atoms with Crippen molar-refractivity contribution < 1.29 is 17.9 Å². The average molecular weight is 347 g/mol. The van der Waals surface area contributed by atoms with E-state index in [9.17, 15) is 13.2 Å². The number of hydrogen-bond donors (Lipinski definition) is 0. The van der Waals surface area contributed by atoms with Crippen LogP contribution >= 0.6 is 0 Å². The van der Waals surface area contributed by atoms with Crippen molar-refractivity contribution in [3.8, 4) is 5.75 Å². The van der Waals surface area contributed by atoms with Crippen LogP contribution in [0, 0.1) is 6.92 Å². The molecule has 0 radical (unpaired) electrons. The molecule has 0 saturated heterocycles. The van der Waals surface area contributed by atoms with Gasteiger partial charge in [0.1, 0.15) is 12.4 Å². The molecule has 0 fully saturated rings. The van der Waals surface area contributed by atoms with E-state index in [0.717, 1.165) is 5.56 Å². The highest BCUT2D eigenvalue weighted by Crippen LogP contribution is 2.16. The number of benzene rings is 2. The molecule has 0 spiro atoms. The largest absolute Gasteiger partial charge is 0.492 e. The number of carbonyl (C=O) groups excluding carboxylic acids is 1. The molecule has 0 aromatic heterocycles. The van der Waals surface area contributed by atoms with Crippen LogP contribution in [-0.2, 0) is 10.0 Å². The van der Waals surface area contributed by atoms with E-state index in [1.54, 1.807) is 0 Å². The molecule has 128 valence electrons. The standard InChI is InChI=1S/C18H21NO4S/c1-14-4-8-17(9-5-14)23-13-12-19(3)24(21,22)18-10-6-16(7-11-18)15(2)20/h4-11H,12-13H2,1-3H3. The fourth-order valence-corrected chi connectivity index (χ4v) is 3.24. The van der Waals surface area contributed by atoms with Crippen molar-refractivity contribution >= 4 is 15.8 Å². The highest BCUT2D eigenvalue weighted by molar-refractivity contribution is 7.89. The Hall–Kier alpha value is -2.18. The lowest BCUT2D eigenvalue weighted by Crippen LogP contribution is -2.31. The van der Waals surface area contributed by atoms with Crippen molar-refractivity contribution in [1.82, 2.24) is 4.31 Å². The maximum absolute atomic E-state index is 12.5. The molecule has 0 saturated carbocycles. The van der Waals surface area contributed by atoms with Gasteiger partial charge in [-0.15, -0.1) is 0 Å². The van der Waals surface area contributed by atoms with Crippen molar-refractivity contribution in [2.75, 3.05) is 20.2 Å². The first-order valence-corrected chi connectivity index (χ1v) is 9.01. The van der Waals surface area contributed by atoms with Gasteiger partial charge in [-0.25, -0.2) is 8.42 Å². The number of aryl methyl sites for hydroxylation is 1. The van der Waals surface area contributed by atoms with Crippen LogP contribution in [-0.4, -0.2) is 38.7 Å². The quantitative estimate of drug-likeness (QED) is 0.723. The Morgan fingerprint density at radius 3 is 2.17 bits per heavy atom. The van der Waals surface area contributed by atoms with Crippen LogP contribution in [0.5, 0.6) is 5.75 Å². The first kappa shape index (κ1) is 18.2. The minimum Gasteiger partial charge on any atom is -0.492 e. The van der Waals surface area contributed by atoms with Crippen molar-refractivity contribution in [3.05, 3.63) is 59.7 Å². The summed E-state index contributed by atoms with van der Waals surface area (Å²) >= 11 is 0. The first-order chi connectivity index (χ1) is 11.3. The van der Waals surface area contributed by atoms with Gasteiger partial charge in [0.25, 0.3) is 0 Å². The van der Waals surface area contributed by atoms with Crippen LogP contribution in [0.25, 0.3) is 0 Å². The number of nitrogens with zero attached hydrogens (tertiary/aromatic N) is 1. The maximum Gasteiger partial charge on any atom is 0.242 e. The van der Waals surface area contributed by atoms with E-state index in [4.69, 9.17) is 4.74 Å². The van der Waals surface area contributed by atoms with Crippen LogP contribution in [0.1, 0.15) is 22.8 Å². The summed E-state index contributed by atoms with van der Waals surface area (Å²) in [5.74, 6) is 0.607. The number of ketones is 1. The summed E-state index contributed by atoms with van der Waals surface area (Å²) in [6.07, 6.45) is 0. The normalized spacial score (nSPS) is 11.5. The zero-order chi connectivity index (χ0) is 17.7. The van der Waals surface area contributed by atoms with Gasteiger partial charge in [-0.05, 0) is 38.1 Å². The number of ether oxygens (including phenoxy) is 1. The highest BCUT2D eigenvalue weighted by Gasteiger charge is 2.20. The van der Waals surface area contributed by atoms with Gasteiger partial charge in [-0.2, -0.15) is 4.31 Å². The van der Waals surface area contributed by atoms with E-state index >= 15 is 0 Å². The number of likely N-dealkylation sites (N-methyl/N-ethyl adjacent to an activating group) is 1. The van der Waals surface area contributed by atoms with E-state index in [1.165, 1.54) is 42.5 Å². The summed E-state index contributed by atoms with van der Waals surface area (Å²) in [4.78, 5) is 11.4. The Bertz CT molecular complexity index is 796. The maximum atomic E-state index is 12.5. The van der Waals surface area contributed by atoms with Crippen LogP contribution in [0.15, 0.2) is 53.4 Å². The molecule has 0 aliphatic carbocycles. The molecule has 2 aromatic rings. The number of Topliss-reactive ketones (excluding diaryl/α,β-unsaturated/α-hetero) is 1. The minimum atomic E-state index is -3.60. The van der Waals surface area contributed by atoms with Gasteiger partial charge in [0.05, 0.1) is 4.90 Å². The summed E-state index contributed by atoms with van der Waals surface area (Å²) in [6.45, 7) is 3.91. The van der Waals surface area contributed by atoms with Gasteiger partial charge in [-0.1, -0.05) is 29.8 Å². The van der Waals surface area contributed by atoms with Gasteiger partial charge in [0.15, 0.2) is 5.78 Å². The zero-order valence-electron chi connectivity index (χ0n) is 14.0. The summed E-state index contributed by atoms with van der Waals surface area (Å²) in [5, 5.41) is 0. The topological polar surface area (TPSA) is 63.7 Å². The Morgan fingerprint density at radius 2 is 1.62 bits per heavy atom. The fourth-order valence-electron chi connectivity index (χ4n) is 2.09. The summed E-state index contributed by atoms with van der Waals surface area (Å²) < 4.78 is 31.8. The van der Waals surface area contributed by atoms with E-state index in [0.29, 0.717) is 11.3 Å². The third-order valence-electron chi connectivity index (χ3n) is 3.66. The van der Waals surface area contributed by atoms with Gasteiger partial charge in [0, 0.05) is 19.2 Å². The second-order valence-electron chi connectivity index (χ2n) is 5.57. The molecule has 2 rings (SSSR count). The van der Waals surface area contributed by atoms with E-state index < -0.39 is 10.0 Å². The van der Waals surface area contributed by atoms with Crippen molar-refractivity contribution in [2.45, 2.75) is 18.7 Å². The molecular weight excluding hydrogens is 326 g/mol. The average Bonchev–Trinajstić information content (AvgIpc) is 2.56. The van der Waals surface area contributed by atoms with Crippen molar-refractivity contribution in [1.29, 1.82) is 0 Å². The van der Waals surface area contributed by atoms with E-state index in [-0.39, 0.29) is 23.8 Å². The second-order valence-corrected chi connectivity index (χ2v) is 7.61. The second kappa shape index (κ2) is 7.59. The Balaban J connectivity index is 1.98. The van der Waals surface area contributed by atoms with Gasteiger partial charge < -0.3 is 4.74 Å². The minimum absolute atomic E-state index is 0.0983. The number of sulfonamides is 1. The van der Waals surface area contributed by atoms with E-state index in [1.807, 2.05) is 31.2 Å². The molecule has 2 aromatic carbocycles. The molecular formula is C18H21NO4S. The smallest absolute Gasteiger partial charge is 0.242 e. The lowest BCUT2D eigenvalue weighted by atomic mass is 10.2. The molecule has 5 nitrogen and oxygen atoms in total. The monoisotopic (exact) mass is 347 g/mol. The molecule has 0 aliphatic heterocycles. The number of rotatable bonds is 7. The molecule has 24 heavy (non-hydrogen) atoms. The van der Waals surface area contributed by atoms with Crippen LogP contribution in [0.4, 0.5) is 0 Å². The third kappa shape index (κ3) is 4.43. The summed E-state index contributed by atoms with van der Waals surface area (Å²) in [7, 11) is -2.09. The Labute approximate surface area is 142 Å². The van der Waals surface area contributed by atoms with Crippen LogP contribution < -0.4 is 4.74 Å². The molecule has 0 heterocycles. The Kier molecular flexibility index (Phi) is 5.75. The van der Waals surface area contributed by atoms with Crippen LogP contribution in [0.3, 0.4) is 0 Å². The van der Waals surface area contributed by atoms with Gasteiger partial charge in [0.2, 0.25) is 10.0 Å². The lowest BCUT2D eigenvalue weighted by Gasteiger charge is -2.17. The van der Waals surface area contributed by atoms with Gasteiger partial charge >= 0.3 is 0 Å². The molecule has 0 atom stereocenters. The van der Waals surface area contributed by atoms with Crippen molar-refractivity contribution in [2.24, 2.45) is 0 Å². The van der Waals surface area contributed by atoms with Crippen molar-refractivity contribution in [3.63, 3.8) is 0 Å². The predicted octanol–water partition coefficient (Wildman–Crippen LogP) is 2.90. The summed E-state index contributed by atoms with van der Waals surface area (Å²) in [6, 6.07) is 13.5. The van der Waals surface area contributed by atoms with Crippen LogP contribution in [0.2, 0.25) is 0 Å². The predicted molar refractivity (Wildman–Crippen MR) is 92.9 cm³/mol. The first-order valence-electron chi connectivity index (χ1n) is 7.57. The molecule has 0 amide bonds. The molecule has 0 unspecified atom stereocenters. The van der Waals surface area contributed by atoms with E-state index in [2.05, 4.69) is 0 Å². The molecule has 0 N–H and O–H groups in total. The Morgan fingerprint density at radius 1 is 1.04 bits per heavy atom. The number of carbonyl (C=O) groups is 1. The molecule has 0 bridgehead atoms. The lowest BCUT2D eigenvalue weighted by molar-refractivity contribution is 0.101. The molecule has 0 aliphatic rings. The zero-order valence-corrected chi connectivity index (χ0v) is 14.8. The summed E-state index contributed by atoms with van der Waals surface area (Å²) in [5.41, 5.74) is 1.62. The SMILES string of the molecule is CC(=O)c1ccc(S(=O)(=O)N(C)CCOc2ccc(C)cc2)cc1. The highest BCUT2D eigenvalue weighted by atomic mass is 32.2. The third-order valence-corrected chi connectivity index (χ3v) is 5.54. The fraction of sp³-hybridized carbons (Fsp3) is 0.278. The molecule has 6 heteroatoms. The number of hydrogen-bond acceptors (Lipinski definition) is 4.